The van der Waals surface area contributed by atoms with E-state index in [1.54, 1.807) is 0 Å². The van der Waals surface area contributed by atoms with Gasteiger partial charge >= 0.3 is 5.97 Å². The first-order chi connectivity index (χ1) is 5.29. The molecule has 60 valence electrons. The van der Waals surface area contributed by atoms with Crippen LogP contribution in [0.25, 0.3) is 0 Å². The fraction of sp³-hybridized carbons (Fsp3) is 0.625. The van der Waals surface area contributed by atoms with Gasteiger partial charge in [0.05, 0.1) is 6.54 Å². The molecule has 1 saturated carbocycles. The van der Waals surface area contributed by atoms with Crippen molar-refractivity contribution in [2.24, 2.45) is 0 Å². The van der Waals surface area contributed by atoms with Crippen molar-refractivity contribution in [1.29, 1.82) is 0 Å². The quantitative estimate of drug-likeness (QED) is 0.558. The Hall–Kier alpha value is -1.01. The Morgan fingerprint density at radius 2 is 2.36 bits per heavy atom. The number of hydrogen-bond donors (Lipinski definition) is 2. The van der Waals surface area contributed by atoms with Gasteiger partial charge in [-0.25, -0.2) is 4.79 Å². The lowest BCUT2D eigenvalue weighted by Crippen LogP contribution is -2.35. The fourth-order valence-electron chi connectivity index (χ4n) is 0.928. The van der Waals surface area contributed by atoms with E-state index in [1.165, 1.54) is 19.3 Å². The Kier molecular flexibility index (Phi) is 2.94. The molecule has 2 N–H and O–H groups in total. The third-order valence-corrected chi connectivity index (χ3v) is 1.78. The normalized spacial score (nSPS) is 16.4. The van der Waals surface area contributed by atoms with Gasteiger partial charge in [0.15, 0.2) is 0 Å². The van der Waals surface area contributed by atoms with Crippen LogP contribution in [0.3, 0.4) is 0 Å². The van der Waals surface area contributed by atoms with Crippen molar-refractivity contribution >= 4 is 5.97 Å². The second-order valence-electron chi connectivity index (χ2n) is 2.62. The second kappa shape index (κ2) is 3.99. The molecule has 0 aromatic carbocycles. The standard InChI is InChI=1S/C8H11NO2/c10-8(11)5-2-6-9-7-3-1-4-7/h7,9H,1,3-4,6H2,(H,10,11). The molecule has 11 heavy (non-hydrogen) atoms. The van der Waals surface area contributed by atoms with Crippen molar-refractivity contribution in [2.75, 3.05) is 6.54 Å². The van der Waals surface area contributed by atoms with Crippen LogP contribution in [0.2, 0.25) is 0 Å². The van der Waals surface area contributed by atoms with E-state index < -0.39 is 5.97 Å². The van der Waals surface area contributed by atoms with Crippen LogP contribution in [0.5, 0.6) is 0 Å². The molecular weight excluding hydrogens is 142 g/mol. The SMILES string of the molecule is O=C(O)C#CCNC1CCC1. The Labute approximate surface area is 65.8 Å². The van der Waals surface area contributed by atoms with E-state index in [0.717, 1.165) is 0 Å². The van der Waals surface area contributed by atoms with E-state index in [0.29, 0.717) is 12.6 Å². The van der Waals surface area contributed by atoms with Crippen molar-refractivity contribution in [1.82, 2.24) is 5.32 Å². The molecule has 0 unspecified atom stereocenters. The van der Waals surface area contributed by atoms with E-state index in [2.05, 4.69) is 17.2 Å². The molecule has 3 nitrogen and oxygen atoms in total. The van der Waals surface area contributed by atoms with Gasteiger partial charge in [0.2, 0.25) is 0 Å². The summed E-state index contributed by atoms with van der Waals surface area (Å²) in [6, 6.07) is 0.582. The smallest absolute Gasteiger partial charge is 0.381 e. The van der Waals surface area contributed by atoms with Crippen LogP contribution in [0.1, 0.15) is 19.3 Å². The van der Waals surface area contributed by atoms with E-state index in [9.17, 15) is 4.79 Å². The molecule has 0 spiro atoms. The Bertz CT molecular complexity index is 198. The topological polar surface area (TPSA) is 49.3 Å². The van der Waals surface area contributed by atoms with E-state index >= 15 is 0 Å². The molecule has 0 radical (unpaired) electrons. The van der Waals surface area contributed by atoms with Crippen LogP contribution in [0, 0.1) is 11.8 Å². The Morgan fingerprint density at radius 3 is 2.82 bits per heavy atom. The molecule has 1 fully saturated rings. The third kappa shape index (κ3) is 3.06. The summed E-state index contributed by atoms with van der Waals surface area (Å²) in [6.07, 6.45) is 3.69. The number of aliphatic carboxylic acids is 1. The number of carbonyl (C=O) groups is 1. The molecule has 0 aliphatic heterocycles. The summed E-state index contributed by atoms with van der Waals surface area (Å²) < 4.78 is 0. The van der Waals surface area contributed by atoms with Gasteiger partial charge in [0.1, 0.15) is 0 Å². The van der Waals surface area contributed by atoms with Crippen LogP contribution in [-0.4, -0.2) is 23.7 Å². The summed E-state index contributed by atoms with van der Waals surface area (Å²) in [5.74, 6) is 3.52. The second-order valence-corrected chi connectivity index (χ2v) is 2.62. The lowest BCUT2D eigenvalue weighted by Gasteiger charge is -2.25. The number of carboxylic acids is 1. The number of carboxylic acid groups (broad SMARTS) is 1. The first kappa shape index (κ1) is 8.09. The monoisotopic (exact) mass is 153 g/mol. The van der Waals surface area contributed by atoms with Gasteiger partial charge < -0.3 is 10.4 Å². The van der Waals surface area contributed by atoms with E-state index in [4.69, 9.17) is 5.11 Å². The van der Waals surface area contributed by atoms with Crippen molar-refractivity contribution in [3.63, 3.8) is 0 Å². The Balaban J connectivity index is 2.04. The highest BCUT2D eigenvalue weighted by atomic mass is 16.4. The minimum Gasteiger partial charge on any atom is -0.472 e. The molecule has 3 heteroatoms. The van der Waals surface area contributed by atoms with Gasteiger partial charge in [-0.1, -0.05) is 12.3 Å². The zero-order valence-electron chi connectivity index (χ0n) is 6.26. The molecule has 0 bridgehead atoms. The molecule has 0 amide bonds. The highest BCUT2D eigenvalue weighted by Gasteiger charge is 2.14. The van der Waals surface area contributed by atoms with E-state index in [1.807, 2.05) is 0 Å². The summed E-state index contributed by atoms with van der Waals surface area (Å²) in [5.41, 5.74) is 0. The summed E-state index contributed by atoms with van der Waals surface area (Å²) in [7, 11) is 0. The largest absolute Gasteiger partial charge is 0.472 e. The van der Waals surface area contributed by atoms with Crippen molar-refractivity contribution in [3.8, 4) is 11.8 Å². The summed E-state index contributed by atoms with van der Waals surface area (Å²) in [6.45, 7) is 0.497. The molecular formula is C8H11NO2. The molecule has 0 aromatic heterocycles. The zero-order chi connectivity index (χ0) is 8.10. The van der Waals surface area contributed by atoms with Gasteiger partial charge in [-0.05, 0) is 12.8 Å². The molecule has 0 heterocycles. The lowest BCUT2D eigenvalue weighted by molar-refractivity contribution is -0.130. The first-order valence-corrected chi connectivity index (χ1v) is 3.74. The van der Waals surface area contributed by atoms with Gasteiger partial charge in [0.25, 0.3) is 0 Å². The maximum absolute atomic E-state index is 9.93. The highest BCUT2D eigenvalue weighted by molar-refractivity contribution is 5.86. The van der Waals surface area contributed by atoms with Gasteiger partial charge in [-0.3, -0.25) is 0 Å². The minimum absolute atomic E-state index is 0.497. The third-order valence-electron chi connectivity index (χ3n) is 1.78. The highest BCUT2D eigenvalue weighted by Crippen LogP contribution is 2.17. The van der Waals surface area contributed by atoms with Crippen LogP contribution in [0.15, 0.2) is 0 Å². The van der Waals surface area contributed by atoms with Crippen LogP contribution < -0.4 is 5.32 Å². The lowest BCUT2D eigenvalue weighted by atomic mass is 9.93. The van der Waals surface area contributed by atoms with Crippen molar-refractivity contribution in [3.05, 3.63) is 0 Å². The first-order valence-electron chi connectivity index (χ1n) is 3.74. The fourth-order valence-corrected chi connectivity index (χ4v) is 0.928. The Morgan fingerprint density at radius 1 is 1.64 bits per heavy atom. The average Bonchev–Trinajstić information content (AvgIpc) is 1.82. The molecule has 0 atom stereocenters. The van der Waals surface area contributed by atoms with E-state index in [-0.39, 0.29) is 0 Å². The minimum atomic E-state index is -1.06. The molecule has 0 aromatic rings. The number of rotatable bonds is 2. The van der Waals surface area contributed by atoms with Gasteiger partial charge in [0, 0.05) is 12.0 Å². The van der Waals surface area contributed by atoms with Gasteiger partial charge in [-0.15, -0.1) is 0 Å². The van der Waals surface area contributed by atoms with Crippen molar-refractivity contribution in [2.45, 2.75) is 25.3 Å². The molecule has 0 saturated heterocycles. The maximum atomic E-state index is 9.93. The van der Waals surface area contributed by atoms with Crippen molar-refractivity contribution < 1.29 is 9.90 Å². The molecule has 1 aliphatic rings. The zero-order valence-corrected chi connectivity index (χ0v) is 6.26. The van der Waals surface area contributed by atoms with Gasteiger partial charge in [-0.2, -0.15) is 0 Å². The molecule has 1 rings (SSSR count). The number of nitrogens with one attached hydrogen (secondary N) is 1. The maximum Gasteiger partial charge on any atom is 0.381 e. The van der Waals surface area contributed by atoms with Crippen LogP contribution in [0.4, 0.5) is 0 Å². The van der Waals surface area contributed by atoms with Crippen LogP contribution >= 0.6 is 0 Å². The molecule has 1 aliphatic carbocycles. The van der Waals surface area contributed by atoms with Crippen LogP contribution in [-0.2, 0) is 4.79 Å². The summed E-state index contributed by atoms with van der Waals surface area (Å²) >= 11 is 0. The number of hydrogen-bond acceptors (Lipinski definition) is 2. The summed E-state index contributed by atoms with van der Waals surface area (Å²) in [4.78, 5) is 9.93. The summed E-state index contributed by atoms with van der Waals surface area (Å²) in [5, 5.41) is 11.3. The predicted octanol–water partition coefficient (Wildman–Crippen LogP) is 0.216. The predicted molar refractivity (Wildman–Crippen MR) is 41.1 cm³/mol. The average molecular weight is 153 g/mol.